The van der Waals surface area contributed by atoms with E-state index in [-0.39, 0.29) is 11.5 Å². The minimum atomic E-state index is -0.100. The van der Waals surface area contributed by atoms with Crippen LogP contribution in [0.4, 0.5) is 0 Å². The molecule has 1 atom stereocenters. The number of amides is 1. The van der Waals surface area contributed by atoms with E-state index in [1.807, 2.05) is 34.8 Å². The molecular formula is C21H28N4O3. The van der Waals surface area contributed by atoms with Gasteiger partial charge in [0.2, 0.25) is 5.89 Å². The van der Waals surface area contributed by atoms with Gasteiger partial charge in [-0.2, -0.15) is 4.98 Å². The fourth-order valence-corrected chi connectivity index (χ4v) is 4.72. The van der Waals surface area contributed by atoms with Gasteiger partial charge in [0.1, 0.15) is 5.69 Å². The first-order valence-corrected chi connectivity index (χ1v) is 10.5. The van der Waals surface area contributed by atoms with E-state index in [4.69, 9.17) is 9.26 Å². The summed E-state index contributed by atoms with van der Waals surface area (Å²) in [7, 11) is 1.92. The molecule has 1 amide bonds. The lowest BCUT2D eigenvalue weighted by Crippen LogP contribution is -2.51. The zero-order valence-electron chi connectivity index (χ0n) is 16.5. The monoisotopic (exact) mass is 384 g/mol. The molecule has 150 valence electrons. The zero-order chi connectivity index (χ0) is 19.1. The Morgan fingerprint density at radius 3 is 2.82 bits per heavy atom. The molecule has 0 aromatic carbocycles. The van der Waals surface area contributed by atoms with Crippen LogP contribution in [0.1, 0.15) is 66.6 Å². The Morgan fingerprint density at radius 2 is 2.11 bits per heavy atom. The van der Waals surface area contributed by atoms with Crippen LogP contribution in [0, 0.1) is 5.92 Å². The van der Waals surface area contributed by atoms with Gasteiger partial charge in [-0.15, -0.1) is 0 Å². The largest absolute Gasteiger partial charge is 0.375 e. The van der Waals surface area contributed by atoms with Crippen molar-refractivity contribution in [2.45, 2.75) is 56.5 Å². The third-order valence-corrected chi connectivity index (χ3v) is 6.60. The number of hydrogen-bond donors (Lipinski definition) is 0. The maximum absolute atomic E-state index is 12.8. The first kappa shape index (κ1) is 17.9. The number of piperidine rings is 1. The molecule has 4 heterocycles. The van der Waals surface area contributed by atoms with E-state index in [9.17, 15) is 4.79 Å². The Balaban J connectivity index is 1.19. The second-order valence-electron chi connectivity index (χ2n) is 8.71. The highest BCUT2D eigenvalue weighted by atomic mass is 16.5. The lowest BCUT2D eigenvalue weighted by atomic mass is 9.78. The molecule has 0 bridgehead atoms. The van der Waals surface area contributed by atoms with E-state index < -0.39 is 0 Å². The van der Waals surface area contributed by atoms with Crippen molar-refractivity contribution < 1.29 is 14.1 Å². The van der Waals surface area contributed by atoms with Crippen LogP contribution in [0.25, 0.3) is 0 Å². The quantitative estimate of drug-likeness (QED) is 0.810. The molecule has 1 spiro atoms. The van der Waals surface area contributed by atoms with Crippen molar-refractivity contribution in [1.82, 2.24) is 19.6 Å². The van der Waals surface area contributed by atoms with Crippen LogP contribution >= 0.6 is 0 Å². The summed E-state index contributed by atoms with van der Waals surface area (Å²) < 4.78 is 13.6. The van der Waals surface area contributed by atoms with Gasteiger partial charge < -0.3 is 18.7 Å². The molecule has 1 saturated carbocycles. The summed E-state index contributed by atoms with van der Waals surface area (Å²) in [5, 5.41) is 4.19. The molecule has 3 aliphatic rings. The van der Waals surface area contributed by atoms with Crippen LogP contribution in [0.3, 0.4) is 0 Å². The maximum atomic E-state index is 12.8. The average Bonchev–Trinajstić information content (AvgIpc) is 3.30. The van der Waals surface area contributed by atoms with Crippen molar-refractivity contribution in [3.63, 3.8) is 0 Å². The number of aromatic nitrogens is 3. The number of rotatable bonds is 4. The van der Waals surface area contributed by atoms with Gasteiger partial charge in [0.05, 0.1) is 5.60 Å². The molecule has 2 aliphatic heterocycles. The molecule has 0 N–H and O–H groups in total. The van der Waals surface area contributed by atoms with Crippen molar-refractivity contribution in [2.24, 2.45) is 13.0 Å². The average molecular weight is 384 g/mol. The zero-order valence-corrected chi connectivity index (χ0v) is 16.5. The summed E-state index contributed by atoms with van der Waals surface area (Å²) in [5.74, 6) is 2.82. The Morgan fingerprint density at radius 1 is 1.29 bits per heavy atom. The van der Waals surface area contributed by atoms with E-state index in [2.05, 4.69) is 10.1 Å². The van der Waals surface area contributed by atoms with Crippen LogP contribution in [0.15, 0.2) is 22.9 Å². The maximum Gasteiger partial charge on any atom is 0.270 e. The fourth-order valence-electron chi connectivity index (χ4n) is 4.72. The Bertz CT molecular complexity index is 845. The van der Waals surface area contributed by atoms with Crippen LogP contribution in [0.2, 0.25) is 0 Å². The van der Waals surface area contributed by atoms with Crippen molar-refractivity contribution in [1.29, 1.82) is 0 Å². The lowest BCUT2D eigenvalue weighted by Gasteiger charge is -2.46. The number of hydrogen-bond acceptors (Lipinski definition) is 5. The van der Waals surface area contributed by atoms with Crippen molar-refractivity contribution in [3.8, 4) is 0 Å². The van der Waals surface area contributed by atoms with E-state index >= 15 is 0 Å². The summed E-state index contributed by atoms with van der Waals surface area (Å²) >= 11 is 0. The van der Waals surface area contributed by atoms with Crippen molar-refractivity contribution in [3.05, 3.63) is 35.7 Å². The highest BCUT2D eigenvalue weighted by molar-refractivity contribution is 5.92. The Labute approximate surface area is 165 Å². The standard InChI is InChI=1S/C21H28N4O3/c1-24-9-2-3-17(24)20(26)25-10-7-21(8-11-25)14-15(6-12-27-21)13-18-22-19(28-23-18)16-4-5-16/h2-3,9,15-16H,4-8,10-14H2,1H3. The first-order chi connectivity index (χ1) is 13.6. The summed E-state index contributed by atoms with van der Waals surface area (Å²) in [6, 6.07) is 3.81. The third kappa shape index (κ3) is 3.48. The number of nitrogens with zero attached hydrogens (tertiary/aromatic N) is 4. The van der Waals surface area contributed by atoms with Gasteiger partial charge in [-0.3, -0.25) is 4.79 Å². The molecule has 1 aliphatic carbocycles. The van der Waals surface area contributed by atoms with Crippen molar-refractivity contribution >= 4 is 5.91 Å². The Hall–Kier alpha value is -2.15. The molecule has 2 aromatic heterocycles. The molecule has 2 saturated heterocycles. The molecule has 1 unspecified atom stereocenters. The molecule has 3 fully saturated rings. The Kier molecular flexibility index (Phi) is 4.50. The van der Waals surface area contributed by atoms with Gasteiger partial charge in [-0.25, -0.2) is 0 Å². The van der Waals surface area contributed by atoms with Crippen molar-refractivity contribution in [2.75, 3.05) is 19.7 Å². The SMILES string of the molecule is Cn1cccc1C(=O)N1CCC2(CC1)CC(Cc1noc(C3CC3)n1)CCO2. The summed E-state index contributed by atoms with van der Waals surface area (Å²) in [4.78, 5) is 19.3. The number of carbonyl (C=O) groups is 1. The highest BCUT2D eigenvalue weighted by Crippen LogP contribution is 2.40. The third-order valence-electron chi connectivity index (χ3n) is 6.60. The van der Waals surface area contributed by atoms with Gasteiger partial charge in [-0.1, -0.05) is 5.16 Å². The van der Waals surface area contributed by atoms with Crippen LogP contribution in [0.5, 0.6) is 0 Å². The van der Waals surface area contributed by atoms with Gasteiger partial charge in [0, 0.05) is 45.3 Å². The van der Waals surface area contributed by atoms with E-state index in [0.29, 0.717) is 11.8 Å². The van der Waals surface area contributed by atoms with Gasteiger partial charge in [-0.05, 0) is 56.6 Å². The summed E-state index contributed by atoms with van der Waals surface area (Å²) in [6.45, 7) is 2.29. The van der Waals surface area contributed by atoms with E-state index in [0.717, 1.165) is 69.2 Å². The minimum Gasteiger partial charge on any atom is -0.375 e. The molecular weight excluding hydrogens is 356 g/mol. The number of carbonyl (C=O) groups excluding carboxylic acids is 1. The molecule has 5 rings (SSSR count). The lowest BCUT2D eigenvalue weighted by molar-refractivity contribution is -0.123. The van der Waals surface area contributed by atoms with E-state index in [1.54, 1.807) is 0 Å². The van der Waals surface area contributed by atoms with Crippen LogP contribution in [-0.4, -0.2) is 50.8 Å². The molecule has 7 heteroatoms. The first-order valence-electron chi connectivity index (χ1n) is 10.5. The second-order valence-corrected chi connectivity index (χ2v) is 8.71. The predicted octanol–water partition coefficient (Wildman–Crippen LogP) is 2.93. The predicted molar refractivity (Wildman–Crippen MR) is 102 cm³/mol. The van der Waals surface area contributed by atoms with Gasteiger partial charge >= 0.3 is 0 Å². The molecule has 2 aromatic rings. The fraction of sp³-hybridized carbons (Fsp3) is 0.667. The minimum absolute atomic E-state index is 0.100. The van der Waals surface area contributed by atoms with E-state index in [1.165, 1.54) is 12.8 Å². The smallest absolute Gasteiger partial charge is 0.270 e. The number of aryl methyl sites for hydroxylation is 1. The van der Waals surface area contributed by atoms with Crippen LogP contribution < -0.4 is 0 Å². The normalized spacial score (nSPS) is 24.6. The van der Waals surface area contributed by atoms with Gasteiger partial charge in [0.15, 0.2) is 5.82 Å². The van der Waals surface area contributed by atoms with Gasteiger partial charge in [0.25, 0.3) is 5.91 Å². The van der Waals surface area contributed by atoms with Crippen LogP contribution in [-0.2, 0) is 18.2 Å². The molecule has 28 heavy (non-hydrogen) atoms. The summed E-state index contributed by atoms with van der Waals surface area (Å²) in [5.41, 5.74) is 0.652. The highest BCUT2D eigenvalue weighted by Gasteiger charge is 2.42. The topological polar surface area (TPSA) is 73.4 Å². The molecule has 0 radical (unpaired) electrons. The number of ether oxygens (including phenoxy) is 1. The molecule has 7 nitrogen and oxygen atoms in total. The number of likely N-dealkylation sites (tertiary alicyclic amines) is 1. The second kappa shape index (κ2) is 7.03. The summed E-state index contributed by atoms with van der Waals surface area (Å²) in [6.07, 6.45) is 9.01.